The van der Waals surface area contributed by atoms with E-state index in [1.807, 2.05) is 24.3 Å². The van der Waals surface area contributed by atoms with Crippen LogP contribution in [0.4, 0.5) is 5.13 Å². The number of anilines is 1. The number of halogens is 1. The van der Waals surface area contributed by atoms with Crippen LogP contribution in [0.5, 0.6) is 0 Å². The Morgan fingerprint density at radius 3 is 3.04 bits per heavy atom. The Bertz CT molecular complexity index is 804. The van der Waals surface area contributed by atoms with Gasteiger partial charge in [0.15, 0.2) is 4.34 Å². The molecule has 0 atom stereocenters. The molecular weight excluding hydrogens is 398 g/mol. The largest absolute Gasteiger partial charge is 0.420 e. The first-order chi connectivity index (χ1) is 11.2. The highest BCUT2D eigenvalue weighted by atomic mass is 79.9. The minimum absolute atomic E-state index is 0.507. The van der Waals surface area contributed by atoms with Crippen molar-refractivity contribution in [1.82, 2.24) is 20.4 Å². The Labute approximate surface area is 149 Å². The van der Waals surface area contributed by atoms with Gasteiger partial charge in [0.05, 0.1) is 5.75 Å². The van der Waals surface area contributed by atoms with Crippen molar-refractivity contribution in [3.8, 4) is 11.5 Å². The standard InChI is InChI=1S/C14H12BrN5OS2/c1-2-6-16-13-19-20-14(23-13)22-8-11-17-18-12(21-11)9-4-3-5-10(15)7-9/h2-5,7H,1,6,8H2,(H,16,19). The summed E-state index contributed by atoms with van der Waals surface area (Å²) in [5.41, 5.74) is 0.884. The van der Waals surface area contributed by atoms with Crippen LogP contribution in [0.1, 0.15) is 5.89 Å². The van der Waals surface area contributed by atoms with E-state index in [-0.39, 0.29) is 0 Å². The van der Waals surface area contributed by atoms with Crippen LogP contribution in [-0.2, 0) is 5.75 Å². The van der Waals surface area contributed by atoms with E-state index in [1.54, 1.807) is 6.08 Å². The van der Waals surface area contributed by atoms with E-state index in [2.05, 4.69) is 48.2 Å². The molecule has 0 aliphatic carbocycles. The van der Waals surface area contributed by atoms with Crippen molar-refractivity contribution >= 4 is 44.2 Å². The Balaban J connectivity index is 1.61. The Kier molecular flexibility index (Phi) is 5.42. The molecule has 0 saturated carbocycles. The van der Waals surface area contributed by atoms with Gasteiger partial charge in [-0.25, -0.2) is 0 Å². The third-order valence-electron chi connectivity index (χ3n) is 2.66. The fourth-order valence-corrected chi connectivity index (χ4v) is 3.67. The molecular formula is C14H12BrN5OS2. The van der Waals surface area contributed by atoms with Crippen LogP contribution < -0.4 is 5.32 Å². The van der Waals surface area contributed by atoms with Gasteiger partial charge in [-0.05, 0) is 18.2 Å². The Morgan fingerprint density at radius 1 is 1.30 bits per heavy atom. The number of rotatable bonds is 7. The number of benzene rings is 1. The van der Waals surface area contributed by atoms with Gasteiger partial charge in [0.2, 0.25) is 16.9 Å². The minimum Gasteiger partial charge on any atom is -0.420 e. The highest BCUT2D eigenvalue weighted by Gasteiger charge is 2.11. The number of thioether (sulfide) groups is 1. The summed E-state index contributed by atoms with van der Waals surface area (Å²) >= 11 is 6.42. The van der Waals surface area contributed by atoms with Crippen molar-refractivity contribution in [2.45, 2.75) is 10.1 Å². The lowest BCUT2D eigenvalue weighted by atomic mass is 10.2. The molecule has 118 valence electrons. The van der Waals surface area contributed by atoms with Crippen molar-refractivity contribution in [2.75, 3.05) is 11.9 Å². The van der Waals surface area contributed by atoms with Crippen molar-refractivity contribution in [2.24, 2.45) is 0 Å². The van der Waals surface area contributed by atoms with Gasteiger partial charge in [-0.2, -0.15) is 0 Å². The van der Waals surface area contributed by atoms with Crippen LogP contribution in [0.2, 0.25) is 0 Å². The van der Waals surface area contributed by atoms with E-state index >= 15 is 0 Å². The number of aromatic nitrogens is 4. The second kappa shape index (κ2) is 7.71. The summed E-state index contributed by atoms with van der Waals surface area (Å²) in [4.78, 5) is 0. The van der Waals surface area contributed by atoms with E-state index in [1.165, 1.54) is 23.1 Å². The second-order valence-corrected chi connectivity index (χ2v) is 7.46. The molecule has 0 bridgehead atoms. The minimum atomic E-state index is 0.507. The number of hydrogen-bond donors (Lipinski definition) is 1. The first-order valence-electron chi connectivity index (χ1n) is 6.64. The van der Waals surface area contributed by atoms with Crippen LogP contribution in [0.25, 0.3) is 11.5 Å². The lowest BCUT2D eigenvalue weighted by molar-refractivity contribution is 0.528. The molecule has 2 heterocycles. The van der Waals surface area contributed by atoms with Gasteiger partial charge in [-0.3, -0.25) is 0 Å². The number of hydrogen-bond acceptors (Lipinski definition) is 8. The maximum Gasteiger partial charge on any atom is 0.247 e. The van der Waals surface area contributed by atoms with Gasteiger partial charge in [0.25, 0.3) is 0 Å². The predicted octanol–water partition coefficient (Wildman–Crippen LogP) is 4.24. The molecule has 0 aliphatic rings. The van der Waals surface area contributed by atoms with Crippen LogP contribution in [0.15, 0.2) is 50.1 Å². The SMILES string of the molecule is C=CCNc1nnc(SCc2nnc(-c3cccc(Br)c3)o2)s1. The topological polar surface area (TPSA) is 76.7 Å². The van der Waals surface area contributed by atoms with Gasteiger partial charge in [0.1, 0.15) is 0 Å². The van der Waals surface area contributed by atoms with Crippen LogP contribution in [-0.4, -0.2) is 26.9 Å². The summed E-state index contributed by atoms with van der Waals surface area (Å²) in [6.45, 7) is 4.32. The van der Waals surface area contributed by atoms with Gasteiger partial charge in [-0.15, -0.1) is 27.0 Å². The zero-order chi connectivity index (χ0) is 16.1. The summed E-state index contributed by atoms with van der Waals surface area (Å²) in [7, 11) is 0. The Hall–Kier alpha value is -1.71. The Morgan fingerprint density at radius 2 is 2.22 bits per heavy atom. The molecule has 0 amide bonds. The van der Waals surface area contributed by atoms with Gasteiger partial charge >= 0.3 is 0 Å². The van der Waals surface area contributed by atoms with Gasteiger partial charge in [-0.1, -0.05) is 51.2 Å². The molecule has 3 rings (SSSR count). The molecule has 0 unspecified atom stereocenters. The first-order valence-corrected chi connectivity index (χ1v) is 9.23. The summed E-state index contributed by atoms with van der Waals surface area (Å²) in [6.07, 6.45) is 1.77. The molecule has 6 nitrogen and oxygen atoms in total. The summed E-state index contributed by atoms with van der Waals surface area (Å²) in [5, 5.41) is 20.2. The number of nitrogens with zero attached hydrogens (tertiary/aromatic N) is 4. The monoisotopic (exact) mass is 409 g/mol. The highest BCUT2D eigenvalue weighted by Crippen LogP contribution is 2.29. The average Bonchev–Trinajstić information content (AvgIpc) is 3.20. The molecule has 3 aromatic rings. The quantitative estimate of drug-likeness (QED) is 0.461. The fraction of sp³-hybridized carbons (Fsp3) is 0.143. The van der Waals surface area contributed by atoms with Crippen molar-refractivity contribution < 1.29 is 4.42 Å². The smallest absolute Gasteiger partial charge is 0.247 e. The fourth-order valence-electron chi connectivity index (χ4n) is 1.67. The van der Waals surface area contributed by atoms with E-state index in [0.717, 1.165) is 19.5 Å². The lowest BCUT2D eigenvalue weighted by Crippen LogP contribution is -1.96. The van der Waals surface area contributed by atoms with Gasteiger partial charge in [0, 0.05) is 16.6 Å². The maximum atomic E-state index is 5.68. The van der Waals surface area contributed by atoms with Crippen molar-refractivity contribution in [3.63, 3.8) is 0 Å². The molecule has 1 aromatic carbocycles. The van der Waals surface area contributed by atoms with Crippen molar-refractivity contribution in [1.29, 1.82) is 0 Å². The molecule has 0 aliphatic heterocycles. The normalized spacial score (nSPS) is 10.7. The molecule has 1 N–H and O–H groups in total. The van der Waals surface area contributed by atoms with Crippen LogP contribution >= 0.6 is 39.0 Å². The average molecular weight is 410 g/mol. The summed E-state index contributed by atoms with van der Waals surface area (Å²) in [6, 6.07) is 7.74. The predicted molar refractivity (Wildman–Crippen MR) is 95.6 cm³/mol. The third kappa shape index (κ3) is 4.40. The summed E-state index contributed by atoms with van der Waals surface area (Å²) in [5.74, 6) is 1.62. The first kappa shape index (κ1) is 16.2. The zero-order valence-corrected chi connectivity index (χ0v) is 15.1. The lowest BCUT2D eigenvalue weighted by Gasteiger charge is -1.95. The maximum absolute atomic E-state index is 5.68. The van der Waals surface area contributed by atoms with E-state index in [9.17, 15) is 0 Å². The zero-order valence-electron chi connectivity index (χ0n) is 11.9. The molecule has 2 aromatic heterocycles. The van der Waals surface area contributed by atoms with Crippen LogP contribution in [0.3, 0.4) is 0 Å². The van der Waals surface area contributed by atoms with E-state index in [4.69, 9.17) is 4.42 Å². The molecule has 9 heteroatoms. The third-order valence-corrected chi connectivity index (χ3v) is 5.15. The highest BCUT2D eigenvalue weighted by molar-refractivity contribution is 9.10. The number of nitrogens with one attached hydrogen (secondary N) is 1. The van der Waals surface area contributed by atoms with Crippen LogP contribution in [0, 0.1) is 0 Å². The molecule has 23 heavy (non-hydrogen) atoms. The van der Waals surface area contributed by atoms with Gasteiger partial charge < -0.3 is 9.73 Å². The molecule has 0 spiro atoms. The molecule has 0 fully saturated rings. The second-order valence-electron chi connectivity index (χ2n) is 4.34. The van der Waals surface area contributed by atoms with E-state index < -0.39 is 0 Å². The molecule has 0 saturated heterocycles. The summed E-state index contributed by atoms with van der Waals surface area (Å²) < 4.78 is 7.50. The molecule has 0 radical (unpaired) electrons. The van der Waals surface area contributed by atoms with E-state index in [0.29, 0.717) is 24.1 Å². The van der Waals surface area contributed by atoms with Crippen molar-refractivity contribution in [3.05, 3.63) is 47.3 Å².